The first-order valence-corrected chi connectivity index (χ1v) is 11.6. The van der Waals surface area contributed by atoms with Crippen LogP contribution in [0, 0.1) is 0 Å². The van der Waals surface area contributed by atoms with Crippen molar-refractivity contribution >= 4 is 53.0 Å². The number of alkyl halides is 3. The number of rotatable bonds is 6. The SMILES string of the molecule is COc1ccc(CN(C(=O)OCC(Cl)(Cl)Cl)[C@@H]2CN(C(=O)OC(C)(C)C)[C@](C)(C(=O)O)C2)cc1. The minimum atomic E-state index is -1.82. The average molecular weight is 540 g/mol. The van der Waals surface area contributed by atoms with Gasteiger partial charge < -0.3 is 19.3 Å². The Morgan fingerprint density at radius 3 is 2.24 bits per heavy atom. The maximum Gasteiger partial charge on any atom is 0.411 e. The highest BCUT2D eigenvalue weighted by Crippen LogP contribution is 2.35. The Bertz CT molecular complexity index is 899. The second-order valence-corrected chi connectivity index (χ2v) is 11.7. The molecule has 0 unspecified atom stereocenters. The fourth-order valence-electron chi connectivity index (χ4n) is 3.55. The van der Waals surface area contributed by atoms with Gasteiger partial charge in [0.05, 0.1) is 13.2 Å². The molecule has 0 saturated carbocycles. The topological polar surface area (TPSA) is 106 Å². The van der Waals surface area contributed by atoms with E-state index in [9.17, 15) is 19.5 Å². The van der Waals surface area contributed by atoms with Crippen molar-refractivity contribution in [1.29, 1.82) is 0 Å². The van der Waals surface area contributed by atoms with E-state index in [2.05, 4.69) is 0 Å². The van der Waals surface area contributed by atoms with Crippen molar-refractivity contribution < 1.29 is 33.7 Å². The summed E-state index contributed by atoms with van der Waals surface area (Å²) in [6, 6.07) is 6.25. The van der Waals surface area contributed by atoms with Gasteiger partial charge in [0, 0.05) is 19.5 Å². The van der Waals surface area contributed by atoms with E-state index in [1.165, 1.54) is 18.9 Å². The molecule has 34 heavy (non-hydrogen) atoms. The number of aliphatic carboxylic acids is 1. The number of carbonyl (C=O) groups excluding carboxylic acids is 2. The van der Waals surface area contributed by atoms with Gasteiger partial charge in [0.1, 0.15) is 23.5 Å². The summed E-state index contributed by atoms with van der Waals surface area (Å²) in [5, 5.41) is 9.94. The molecule has 2 amide bonds. The standard InChI is InChI=1S/C22H29Cl3N2O7/c1-20(2,3)34-19(31)27-12-15(10-21(27,4)17(28)29)26(18(30)33-13-22(23,24)25)11-14-6-8-16(32-5)9-7-14/h6-9,15H,10-13H2,1-5H3,(H,28,29)/t15-,21-/m0/s1. The van der Waals surface area contributed by atoms with Crippen molar-refractivity contribution in [3.63, 3.8) is 0 Å². The van der Waals surface area contributed by atoms with E-state index in [4.69, 9.17) is 49.0 Å². The van der Waals surface area contributed by atoms with E-state index >= 15 is 0 Å². The lowest BCUT2D eigenvalue weighted by molar-refractivity contribution is -0.148. The van der Waals surface area contributed by atoms with Gasteiger partial charge in [-0.2, -0.15) is 0 Å². The summed E-state index contributed by atoms with van der Waals surface area (Å²) in [4.78, 5) is 40.5. The van der Waals surface area contributed by atoms with E-state index in [1.807, 2.05) is 0 Å². The van der Waals surface area contributed by atoms with Crippen LogP contribution in [0.5, 0.6) is 5.75 Å². The largest absolute Gasteiger partial charge is 0.497 e. The first-order chi connectivity index (χ1) is 15.6. The lowest BCUT2D eigenvalue weighted by Gasteiger charge is -2.32. The molecule has 1 aromatic carbocycles. The van der Waals surface area contributed by atoms with E-state index in [0.29, 0.717) is 5.75 Å². The molecule has 0 aromatic heterocycles. The maximum absolute atomic E-state index is 13.0. The van der Waals surface area contributed by atoms with Crippen LogP contribution in [-0.4, -0.2) is 74.3 Å². The van der Waals surface area contributed by atoms with E-state index in [1.54, 1.807) is 45.0 Å². The number of nitrogens with zero attached hydrogens (tertiary/aromatic N) is 2. The van der Waals surface area contributed by atoms with E-state index in [-0.39, 0.29) is 19.5 Å². The van der Waals surface area contributed by atoms with Crippen LogP contribution >= 0.6 is 34.8 Å². The number of benzene rings is 1. The van der Waals surface area contributed by atoms with Gasteiger partial charge in [-0.05, 0) is 45.4 Å². The number of hydrogen-bond acceptors (Lipinski definition) is 6. The number of hydrogen-bond donors (Lipinski definition) is 1. The van der Waals surface area contributed by atoms with E-state index < -0.39 is 45.7 Å². The fourth-order valence-corrected chi connectivity index (χ4v) is 3.71. The van der Waals surface area contributed by atoms with Crippen molar-refractivity contribution in [2.24, 2.45) is 0 Å². The zero-order chi connectivity index (χ0) is 25.9. The van der Waals surface area contributed by atoms with Crippen molar-refractivity contribution in [2.75, 3.05) is 20.3 Å². The summed E-state index contributed by atoms with van der Waals surface area (Å²) in [6.45, 7) is 5.93. The summed E-state index contributed by atoms with van der Waals surface area (Å²) in [7, 11) is 1.53. The Hall–Kier alpha value is -2.10. The van der Waals surface area contributed by atoms with Crippen molar-refractivity contribution in [3.05, 3.63) is 29.8 Å². The van der Waals surface area contributed by atoms with Crippen LogP contribution in [0.25, 0.3) is 0 Å². The molecule has 9 nitrogen and oxygen atoms in total. The maximum atomic E-state index is 13.0. The number of amides is 2. The average Bonchev–Trinajstić information content (AvgIpc) is 3.08. The Morgan fingerprint density at radius 1 is 1.18 bits per heavy atom. The molecule has 1 aromatic rings. The van der Waals surface area contributed by atoms with Crippen LogP contribution in [0.1, 0.15) is 39.7 Å². The quantitative estimate of drug-likeness (QED) is 0.515. The van der Waals surface area contributed by atoms with Crippen LogP contribution < -0.4 is 4.74 Å². The minimum Gasteiger partial charge on any atom is -0.497 e. The molecule has 190 valence electrons. The molecule has 0 bridgehead atoms. The Balaban J connectivity index is 2.36. The Morgan fingerprint density at radius 2 is 1.76 bits per heavy atom. The molecule has 1 heterocycles. The molecule has 0 radical (unpaired) electrons. The fraction of sp³-hybridized carbons (Fsp3) is 0.591. The zero-order valence-electron chi connectivity index (χ0n) is 19.6. The number of carbonyl (C=O) groups is 3. The number of likely N-dealkylation sites (tertiary alicyclic amines) is 1. The molecule has 0 aliphatic carbocycles. The van der Waals surface area contributed by atoms with Crippen molar-refractivity contribution in [1.82, 2.24) is 9.80 Å². The third-order valence-electron chi connectivity index (χ3n) is 5.24. The molecule has 1 N–H and O–H groups in total. The van der Waals surface area contributed by atoms with Crippen LogP contribution in [0.2, 0.25) is 0 Å². The summed E-state index contributed by atoms with van der Waals surface area (Å²) in [5.41, 5.74) is -1.72. The normalized spacial score (nSPS) is 20.6. The van der Waals surface area contributed by atoms with Gasteiger partial charge in [-0.15, -0.1) is 0 Å². The van der Waals surface area contributed by atoms with Gasteiger partial charge in [0.15, 0.2) is 0 Å². The first kappa shape index (κ1) is 28.1. The van der Waals surface area contributed by atoms with Crippen LogP contribution in [0.3, 0.4) is 0 Å². The second kappa shape index (κ2) is 10.7. The second-order valence-electron chi connectivity index (χ2n) is 9.17. The summed E-state index contributed by atoms with van der Waals surface area (Å²) >= 11 is 17.2. The summed E-state index contributed by atoms with van der Waals surface area (Å²) < 4.78 is 13.9. The zero-order valence-corrected chi connectivity index (χ0v) is 21.9. The van der Waals surface area contributed by atoms with Gasteiger partial charge in [-0.1, -0.05) is 46.9 Å². The lowest BCUT2D eigenvalue weighted by Crippen LogP contribution is -2.52. The first-order valence-electron chi connectivity index (χ1n) is 10.4. The third-order valence-corrected chi connectivity index (χ3v) is 5.57. The lowest BCUT2D eigenvalue weighted by atomic mass is 9.97. The molecule has 1 saturated heterocycles. The third kappa shape index (κ3) is 7.45. The number of methoxy groups -OCH3 is 1. The van der Waals surface area contributed by atoms with Crippen molar-refractivity contribution in [2.45, 2.75) is 61.6 Å². The highest BCUT2D eigenvalue weighted by molar-refractivity contribution is 6.67. The molecule has 2 rings (SSSR count). The van der Waals surface area contributed by atoms with Crippen LogP contribution in [0.15, 0.2) is 24.3 Å². The van der Waals surface area contributed by atoms with Crippen molar-refractivity contribution in [3.8, 4) is 5.75 Å². The van der Waals surface area contributed by atoms with Gasteiger partial charge in [-0.25, -0.2) is 14.4 Å². The number of carboxylic acid groups (broad SMARTS) is 1. The van der Waals surface area contributed by atoms with Gasteiger partial charge >= 0.3 is 18.2 Å². The highest BCUT2D eigenvalue weighted by Gasteiger charge is 2.53. The number of halogens is 3. The van der Waals surface area contributed by atoms with Gasteiger partial charge in [0.2, 0.25) is 3.79 Å². The molecule has 1 aliphatic heterocycles. The minimum absolute atomic E-state index is 0.0550. The molecule has 12 heteroatoms. The molecular weight excluding hydrogens is 511 g/mol. The summed E-state index contributed by atoms with van der Waals surface area (Å²) in [5.74, 6) is -0.593. The molecule has 1 fully saturated rings. The summed E-state index contributed by atoms with van der Waals surface area (Å²) in [6.07, 6.45) is -1.66. The number of ether oxygens (including phenoxy) is 3. The number of carboxylic acids is 1. The van der Waals surface area contributed by atoms with Crippen LogP contribution in [-0.2, 0) is 20.8 Å². The molecule has 2 atom stereocenters. The Kier molecular flexibility index (Phi) is 8.82. The van der Waals surface area contributed by atoms with Gasteiger partial charge in [-0.3, -0.25) is 9.80 Å². The molecular formula is C22H29Cl3N2O7. The smallest absolute Gasteiger partial charge is 0.411 e. The molecule has 0 spiro atoms. The molecule has 1 aliphatic rings. The highest BCUT2D eigenvalue weighted by atomic mass is 35.6. The van der Waals surface area contributed by atoms with Gasteiger partial charge in [0.25, 0.3) is 0 Å². The predicted octanol–water partition coefficient (Wildman–Crippen LogP) is 4.86. The predicted molar refractivity (Wildman–Crippen MR) is 128 cm³/mol. The Labute approximate surface area is 213 Å². The van der Waals surface area contributed by atoms with Crippen LogP contribution in [0.4, 0.5) is 9.59 Å². The monoisotopic (exact) mass is 538 g/mol. The van der Waals surface area contributed by atoms with E-state index in [0.717, 1.165) is 10.5 Å².